The third-order valence-electron chi connectivity index (χ3n) is 6.81. The molecular weight excluding hydrogens is 527 g/mol. The number of nitrogens with one attached hydrogen (secondary N) is 1. The zero-order valence-corrected chi connectivity index (χ0v) is 22.8. The van der Waals surface area contributed by atoms with Gasteiger partial charge in [-0.25, -0.2) is 27.8 Å². The lowest BCUT2D eigenvalue weighted by Crippen LogP contribution is -2.59. The molecule has 2 bridgehead atoms. The first-order valence-corrected chi connectivity index (χ1v) is 14.6. The average molecular weight is 559 g/mol. The molecule has 0 aliphatic carbocycles. The predicted molar refractivity (Wildman–Crippen MR) is 142 cm³/mol. The van der Waals surface area contributed by atoms with E-state index in [1.165, 1.54) is 25.6 Å². The van der Waals surface area contributed by atoms with Crippen LogP contribution in [0.5, 0.6) is 11.6 Å². The van der Waals surface area contributed by atoms with Crippen molar-refractivity contribution in [3.8, 4) is 11.6 Å². The Morgan fingerprint density at radius 3 is 2.46 bits per heavy atom. The summed E-state index contributed by atoms with van der Waals surface area (Å²) in [5.41, 5.74) is 1.16. The highest BCUT2D eigenvalue weighted by Crippen LogP contribution is 2.38. The van der Waals surface area contributed by atoms with Crippen LogP contribution < -0.4 is 19.7 Å². The molecule has 2 aromatic heterocycles. The summed E-state index contributed by atoms with van der Waals surface area (Å²) < 4.78 is 55.8. The Balaban J connectivity index is 1.32. The van der Waals surface area contributed by atoms with E-state index in [0.717, 1.165) is 30.7 Å². The Morgan fingerprint density at radius 1 is 1.13 bits per heavy atom. The molecule has 2 aliphatic rings. The Bertz CT molecular complexity index is 1410. The largest absolute Gasteiger partial charge is 0.489 e. The summed E-state index contributed by atoms with van der Waals surface area (Å²) in [6.45, 7) is 3.20. The summed E-state index contributed by atoms with van der Waals surface area (Å²) in [6, 6.07) is 3.68. The number of aryl methyl sites for hydroxylation is 1. The SMILES string of the molecule is CCCc1cnc(N2[C@@H]3COC[C@@H]2CC(Oc2ncnc(Nc4ccc(S(C)(=O)=O)cc4F)c2OC)C3)nc1. The molecule has 2 atom stereocenters. The van der Waals surface area contributed by atoms with Crippen LogP contribution in [0.1, 0.15) is 31.7 Å². The quantitative estimate of drug-likeness (QED) is 0.415. The number of halogens is 1. The molecule has 1 aromatic carbocycles. The normalized spacial score (nSPS) is 20.9. The minimum absolute atomic E-state index is 0.0346. The van der Waals surface area contributed by atoms with Crippen molar-refractivity contribution in [2.75, 3.05) is 36.8 Å². The first-order chi connectivity index (χ1) is 18.8. The van der Waals surface area contributed by atoms with Gasteiger partial charge in [0.1, 0.15) is 18.2 Å². The van der Waals surface area contributed by atoms with Crippen LogP contribution in [0, 0.1) is 5.82 Å². The molecule has 39 heavy (non-hydrogen) atoms. The van der Waals surface area contributed by atoms with E-state index in [1.54, 1.807) is 0 Å². The van der Waals surface area contributed by atoms with E-state index in [9.17, 15) is 12.8 Å². The molecule has 0 saturated carbocycles. The van der Waals surface area contributed by atoms with E-state index in [-0.39, 0.29) is 46.2 Å². The van der Waals surface area contributed by atoms with E-state index < -0.39 is 15.7 Å². The van der Waals surface area contributed by atoms with Crippen LogP contribution in [-0.2, 0) is 21.0 Å². The topological polar surface area (TPSA) is 129 Å². The molecule has 3 aromatic rings. The van der Waals surface area contributed by atoms with Crippen molar-refractivity contribution in [1.29, 1.82) is 0 Å². The minimum atomic E-state index is -3.54. The lowest BCUT2D eigenvalue weighted by molar-refractivity contribution is 0.00617. The lowest BCUT2D eigenvalue weighted by atomic mass is 9.92. The number of benzene rings is 1. The first-order valence-electron chi connectivity index (χ1n) is 12.8. The second kappa shape index (κ2) is 11.3. The molecule has 13 heteroatoms. The molecule has 0 radical (unpaired) electrons. The van der Waals surface area contributed by atoms with E-state index in [0.29, 0.717) is 32.0 Å². The molecule has 5 rings (SSSR count). The third-order valence-corrected chi connectivity index (χ3v) is 7.92. The first kappa shape index (κ1) is 27.0. The van der Waals surface area contributed by atoms with Crippen LogP contribution >= 0.6 is 0 Å². The van der Waals surface area contributed by atoms with Crippen LogP contribution in [0.2, 0.25) is 0 Å². The highest BCUT2D eigenvalue weighted by atomic mass is 32.2. The van der Waals surface area contributed by atoms with Gasteiger partial charge in [0.25, 0.3) is 5.88 Å². The van der Waals surface area contributed by atoms with E-state index in [1.807, 2.05) is 12.4 Å². The summed E-state index contributed by atoms with van der Waals surface area (Å²) >= 11 is 0. The van der Waals surface area contributed by atoms with Crippen molar-refractivity contribution in [2.24, 2.45) is 0 Å². The number of anilines is 3. The fourth-order valence-electron chi connectivity index (χ4n) is 5.01. The summed E-state index contributed by atoms with van der Waals surface area (Å²) in [7, 11) is -2.09. The van der Waals surface area contributed by atoms with Gasteiger partial charge in [0, 0.05) is 31.5 Å². The van der Waals surface area contributed by atoms with Crippen molar-refractivity contribution in [1.82, 2.24) is 19.9 Å². The number of aromatic nitrogens is 4. The van der Waals surface area contributed by atoms with Crippen LogP contribution in [0.4, 0.5) is 21.8 Å². The smallest absolute Gasteiger partial charge is 0.262 e. The van der Waals surface area contributed by atoms with Crippen LogP contribution in [-0.4, -0.2) is 73.1 Å². The van der Waals surface area contributed by atoms with Gasteiger partial charge in [0.2, 0.25) is 11.7 Å². The molecule has 2 fully saturated rings. The highest BCUT2D eigenvalue weighted by molar-refractivity contribution is 7.90. The van der Waals surface area contributed by atoms with Crippen molar-refractivity contribution >= 4 is 27.3 Å². The number of fused-ring (bicyclic) bond motifs is 2. The van der Waals surface area contributed by atoms with Crippen molar-refractivity contribution in [2.45, 2.75) is 55.7 Å². The number of rotatable bonds is 9. The molecule has 208 valence electrons. The zero-order chi connectivity index (χ0) is 27.6. The number of hydrogen-bond donors (Lipinski definition) is 1. The number of sulfone groups is 1. The summed E-state index contributed by atoms with van der Waals surface area (Å²) in [5.74, 6) is 0.575. The number of nitrogens with zero attached hydrogens (tertiary/aromatic N) is 5. The number of piperidine rings is 1. The summed E-state index contributed by atoms with van der Waals surface area (Å²) in [6.07, 6.45) is 9.23. The fraction of sp³-hybridized carbons (Fsp3) is 0.462. The lowest BCUT2D eigenvalue weighted by Gasteiger charge is -2.48. The number of methoxy groups -OCH3 is 1. The molecule has 0 unspecified atom stereocenters. The second-order valence-corrected chi connectivity index (χ2v) is 11.7. The molecule has 1 N–H and O–H groups in total. The minimum Gasteiger partial charge on any atom is -0.489 e. The van der Waals surface area contributed by atoms with Crippen molar-refractivity contribution in [3.63, 3.8) is 0 Å². The number of ether oxygens (including phenoxy) is 3. The van der Waals surface area contributed by atoms with Gasteiger partial charge in [-0.2, -0.15) is 4.98 Å². The second-order valence-electron chi connectivity index (χ2n) is 9.70. The van der Waals surface area contributed by atoms with Gasteiger partial charge in [-0.3, -0.25) is 0 Å². The van der Waals surface area contributed by atoms with Crippen molar-refractivity contribution < 1.29 is 27.0 Å². The molecular formula is C26H31FN6O5S. The molecule has 2 saturated heterocycles. The van der Waals surface area contributed by atoms with Crippen LogP contribution in [0.25, 0.3) is 0 Å². The Kier molecular flexibility index (Phi) is 7.80. The van der Waals surface area contributed by atoms with Gasteiger partial charge < -0.3 is 24.4 Å². The fourth-order valence-corrected chi connectivity index (χ4v) is 5.65. The summed E-state index contributed by atoms with van der Waals surface area (Å²) in [4.78, 5) is 19.8. The summed E-state index contributed by atoms with van der Waals surface area (Å²) in [5, 5.41) is 2.86. The van der Waals surface area contributed by atoms with Gasteiger partial charge in [-0.05, 0) is 30.2 Å². The van der Waals surface area contributed by atoms with Crippen molar-refractivity contribution in [3.05, 3.63) is 48.3 Å². The zero-order valence-electron chi connectivity index (χ0n) is 22.0. The Morgan fingerprint density at radius 2 is 1.85 bits per heavy atom. The van der Waals surface area contributed by atoms with E-state index in [4.69, 9.17) is 14.2 Å². The third kappa shape index (κ3) is 5.88. The molecule has 2 aliphatic heterocycles. The maximum atomic E-state index is 14.7. The van der Waals surface area contributed by atoms with Gasteiger partial charge in [-0.1, -0.05) is 13.3 Å². The molecule has 0 amide bonds. The Labute approximate surface area is 226 Å². The van der Waals surface area contributed by atoms with Gasteiger partial charge in [-0.15, -0.1) is 0 Å². The monoisotopic (exact) mass is 558 g/mol. The molecule has 11 nitrogen and oxygen atoms in total. The number of hydrogen-bond acceptors (Lipinski definition) is 11. The maximum absolute atomic E-state index is 14.7. The van der Waals surface area contributed by atoms with E-state index >= 15 is 0 Å². The average Bonchev–Trinajstić information content (AvgIpc) is 2.90. The maximum Gasteiger partial charge on any atom is 0.262 e. The highest BCUT2D eigenvalue weighted by Gasteiger charge is 2.41. The molecule has 4 heterocycles. The van der Waals surface area contributed by atoms with E-state index in [2.05, 4.69) is 37.1 Å². The number of morpholine rings is 1. The molecule has 0 spiro atoms. The Hall–Kier alpha value is -3.58. The predicted octanol–water partition coefficient (Wildman–Crippen LogP) is 3.33. The van der Waals surface area contributed by atoms with Gasteiger partial charge >= 0.3 is 0 Å². The standard InChI is InChI=1S/C26H31FN6O5S/c1-4-5-16-11-28-26(29-12-16)33-17-8-19(9-18(33)14-37-13-17)38-25-23(36-2)24(30-15-31-25)32-22-7-6-20(10-21(22)27)39(3,34)35/h6-7,10-12,15,17-19H,4-5,8-9,13-14H2,1-3H3,(H,30,31,32)/t17-,18-/m0/s1. The van der Waals surface area contributed by atoms with Gasteiger partial charge in [0.15, 0.2) is 15.7 Å². The van der Waals surface area contributed by atoms with Crippen LogP contribution in [0.3, 0.4) is 0 Å². The van der Waals surface area contributed by atoms with Gasteiger partial charge in [0.05, 0.1) is 43.0 Å². The van der Waals surface area contributed by atoms with Crippen LogP contribution in [0.15, 0.2) is 41.8 Å².